The smallest absolute Gasteiger partial charge is 0.140 e. The van der Waals surface area contributed by atoms with Crippen LogP contribution in [-0.4, -0.2) is 20.1 Å². The lowest BCUT2D eigenvalue weighted by Gasteiger charge is -2.11. The second-order valence-electron chi connectivity index (χ2n) is 6.31. The van der Waals surface area contributed by atoms with Crippen LogP contribution >= 0.6 is 0 Å². The van der Waals surface area contributed by atoms with Gasteiger partial charge in [0.15, 0.2) is 0 Å². The van der Waals surface area contributed by atoms with Crippen LogP contribution < -0.4 is 5.32 Å². The van der Waals surface area contributed by atoms with Gasteiger partial charge in [-0.05, 0) is 53.4 Å². The molecule has 0 bridgehead atoms. The summed E-state index contributed by atoms with van der Waals surface area (Å²) < 4.78 is 0. The summed E-state index contributed by atoms with van der Waals surface area (Å²) in [5, 5.41) is 14.3. The summed E-state index contributed by atoms with van der Waals surface area (Å²) in [6.45, 7) is 2.43. The summed E-state index contributed by atoms with van der Waals surface area (Å²) in [6, 6.07) is 16.0. The molecule has 3 N–H and O–H groups in total. The van der Waals surface area contributed by atoms with E-state index in [2.05, 4.69) is 26.3 Å². The number of nitrogens with zero attached hydrogens (tertiary/aromatic N) is 2. The Kier molecular flexibility index (Phi) is 4.37. The summed E-state index contributed by atoms with van der Waals surface area (Å²) in [6.07, 6.45) is 5.00. The fourth-order valence-electron chi connectivity index (χ4n) is 3.03. The molecule has 3 heterocycles. The summed E-state index contributed by atoms with van der Waals surface area (Å²) in [5.41, 5.74) is 4.96. The molecule has 0 aliphatic heterocycles. The Bertz CT molecular complexity index is 1020. The van der Waals surface area contributed by atoms with Crippen molar-refractivity contribution in [3.05, 3.63) is 78.2 Å². The van der Waals surface area contributed by atoms with Gasteiger partial charge in [-0.25, -0.2) is 4.98 Å². The Labute approximate surface area is 151 Å². The molecule has 5 nitrogen and oxygen atoms in total. The highest BCUT2D eigenvalue weighted by Crippen LogP contribution is 2.31. The highest BCUT2D eigenvalue weighted by atomic mass is 16.3. The SMILES string of the molecule is C[C@@H](O)c1cccc(-c2cc(NCc3cccnc3)nc3[nH]ccc23)c1. The van der Waals surface area contributed by atoms with Crippen molar-refractivity contribution in [2.45, 2.75) is 19.6 Å². The van der Waals surface area contributed by atoms with Crippen LogP contribution in [0.25, 0.3) is 22.2 Å². The maximum atomic E-state index is 9.90. The van der Waals surface area contributed by atoms with E-state index in [0.717, 1.165) is 39.1 Å². The molecule has 0 aliphatic rings. The molecule has 26 heavy (non-hydrogen) atoms. The van der Waals surface area contributed by atoms with Gasteiger partial charge in [-0.1, -0.05) is 24.3 Å². The Morgan fingerprint density at radius 3 is 2.88 bits per heavy atom. The van der Waals surface area contributed by atoms with Gasteiger partial charge in [-0.3, -0.25) is 4.98 Å². The van der Waals surface area contributed by atoms with Crippen LogP contribution in [0.2, 0.25) is 0 Å². The molecule has 4 rings (SSSR count). The summed E-state index contributed by atoms with van der Waals surface area (Å²) in [5.74, 6) is 0.793. The Hall–Kier alpha value is -3.18. The van der Waals surface area contributed by atoms with Crippen LogP contribution in [0, 0.1) is 0 Å². The summed E-state index contributed by atoms with van der Waals surface area (Å²) in [7, 11) is 0. The predicted molar refractivity (Wildman–Crippen MR) is 104 cm³/mol. The first-order chi connectivity index (χ1) is 12.7. The number of pyridine rings is 2. The number of aromatic amines is 1. The zero-order chi connectivity index (χ0) is 17.9. The van der Waals surface area contributed by atoms with E-state index in [9.17, 15) is 5.11 Å². The molecule has 0 aliphatic carbocycles. The minimum atomic E-state index is -0.498. The van der Waals surface area contributed by atoms with Crippen LogP contribution in [0.3, 0.4) is 0 Å². The number of nitrogens with one attached hydrogen (secondary N) is 2. The maximum absolute atomic E-state index is 9.90. The molecular formula is C21H20N4O. The quantitative estimate of drug-likeness (QED) is 0.505. The van der Waals surface area contributed by atoms with Crippen LogP contribution in [0.15, 0.2) is 67.1 Å². The molecule has 4 aromatic rings. The van der Waals surface area contributed by atoms with Gasteiger partial charge in [0.2, 0.25) is 0 Å². The van der Waals surface area contributed by atoms with E-state index >= 15 is 0 Å². The average Bonchev–Trinajstić information content (AvgIpc) is 3.15. The summed E-state index contributed by atoms with van der Waals surface area (Å²) in [4.78, 5) is 12.0. The van der Waals surface area contributed by atoms with Gasteiger partial charge >= 0.3 is 0 Å². The molecule has 3 aromatic heterocycles. The number of aromatic nitrogens is 3. The first-order valence-electron chi connectivity index (χ1n) is 8.60. The van der Waals surface area contributed by atoms with Crippen LogP contribution in [0.1, 0.15) is 24.2 Å². The van der Waals surface area contributed by atoms with E-state index in [-0.39, 0.29) is 0 Å². The van der Waals surface area contributed by atoms with E-state index < -0.39 is 6.10 Å². The monoisotopic (exact) mass is 344 g/mol. The molecule has 0 fully saturated rings. The number of hydrogen-bond acceptors (Lipinski definition) is 4. The van der Waals surface area contributed by atoms with Crippen molar-refractivity contribution < 1.29 is 5.11 Å². The van der Waals surface area contributed by atoms with Crippen molar-refractivity contribution in [2.24, 2.45) is 0 Å². The minimum absolute atomic E-state index is 0.498. The van der Waals surface area contributed by atoms with Gasteiger partial charge in [0.1, 0.15) is 11.5 Å². The second-order valence-corrected chi connectivity index (χ2v) is 6.31. The first-order valence-corrected chi connectivity index (χ1v) is 8.60. The van der Waals surface area contributed by atoms with Crippen molar-refractivity contribution in [3.8, 4) is 11.1 Å². The topological polar surface area (TPSA) is 73.8 Å². The Morgan fingerprint density at radius 1 is 1.15 bits per heavy atom. The maximum Gasteiger partial charge on any atom is 0.140 e. The lowest BCUT2D eigenvalue weighted by molar-refractivity contribution is 0.199. The Balaban J connectivity index is 1.72. The number of benzene rings is 1. The molecule has 130 valence electrons. The number of anilines is 1. The second kappa shape index (κ2) is 6.98. The van der Waals surface area contributed by atoms with Crippen molar-refractivity contribution in [1.82, 2.24) is 15.0 Å². The minimum Gasteiger partial charge on any atom is -0.389 e. The number of aliphatic hydroxyl groups excluding tert-OH is 1. The number of hydrogen-bond donors (Lipinski definition) is 3. The van der Waals surface area contributed by atoms with Gasteiger partial charge < -0.3 is 15.4 Å². The molecule has 0 unspecified atom stereocenters. The average molecular weight is 344 g/mol. The van der Waals surface area contributed by atoms with Gasteiger partial charge in [-0.15, -0.1) is 0 Å². The predicted octanol–water partition coefficient (Wildman–Crippen LogP) is 4.29. The number of rotatable bonds is 5. The molecule has 0 saturated carbocycles. The zero-order valence-corrected chi connectivity index (χ0v) is 14.5. The molecule has 1 aromatic carbocycles. The van der Waals surface area contributed by atoms with Crippen LogP contribution in [0.5, 0.6) is 0 Å². The van der Waals surface area contributed by atoms with Crippen molar-refractivity contribution in [1.29, 1.82) is 0 Å². The van der Waals surface area contributed by atoms with Crippen molar-refractivity contribution in [3.63, 3.8) is 0 Å². The third-order valence-corrected chi connectivity index (χ3v) is 4.41. The van der Waals surface area contributed by atoms with Gasteiger partial charge in [0.05, 0.1) is 6.10 Å². The largest absolute Gasteiger partial charge is 0.389 e. The summed E-state index contributed by atoms with van der Waals surface area (Å²) >= 11 is 0. The molecule has 0 spiro atoms. The normalized spacial score (nSPS) is 12.2. The van der Waals surface area contributed by atoms with Crippen LogP contribution in [-0.2, 0) is 6.54 Å². The van der Waals surface area contributed by atoms with E-state index in [0.29, 0.717) is 6.54 Å². The fourth-order valence-corrected chi connectivity index (χ4v) is 3.03. The van der Waals surface area contributed by atoms with E-state index in [1.54, 1.807) is 13.1 Å². The lowest BCUT2D eigenvalue weighted by atomic mass is 9.99. The van der Waals surface area contributed by atoms with Crippen LogP contribution in [0.4, 0.5) is 5.82 Å². The third-order valence-electron chi connectivity index (χ3n) is 4.41. The van der Waals surface area contributed by atoms with Gasteiger partial charge in [0.25, 0.3) is 0 Å². The lowest BCUT2D eigenvalue weighted by Crippen LogP contribution is -2.02. The van der Waals surface area contributed by atoms with Crippen molar-refractivity contribution >= 4 is 16.9 Å². The van der Waals surface area contributed by atoms with Gasteiger partial charge in [-0.2, -0.15) is 0 Å². The molecule has 0 saturated heterocycles. The Morgan fingerprint density at radius 2 is 2.08 bits per heavy atom. The first kappa shape index (κ1) is 16.3. The van der Waals surface area contributed by atoms with E-state index in [1.807, 2.05) is 54.9 Å². The third kappa shape index (κ3) is 3.30. The number of fused-ring (bicyclic) bond motifs is 1. The van der Waals surface area contributed by atoms with E-state index in [4.69, 9.17) is 0 Å². The zero-order valence-electron chi connectivity index (χ0n) is 14.5. The molecular weight excluding hydrogens is 324 g/mol. The fraction of sp³-hybridized carbons (Fsp3) is 0.143. The van der Waals surface area contributed by atoms with Gasteiger partial charge in [0, 0.05) is 30.5 Å². The number of aliphatic hydroxyl groups is 1. The number of H-pyrrole nitrogens is 1. The molecule has 1 atom stereocenters. The molecule has 5 heteroatoms. The highest BCUT2D eigenvalue weighted by Gasteiger charge is 2.11. The van der Waals surface area contributed by atoms with E-state index in [1.165, 1.54) is 0 Å². The van der Waals surface area contributed by atoms with Crippen molar-refractivity contribution in [2.75, 3.05) is 5.32 Å². The molecule has 0 radical (unpaired) electrons. The standard InChI is InChI=1S/C21H20N4O/c1-14(26)16-5-2-6-17(10-16)19-11-20(25-21-18(19)7-9-23-21)24-13-15-4-3-8-22-12-15/h2-12,14,26H,13H2,1H3,(H2,23,24,25)/t14-/m1/s1. The molecule has 0 amide bonds. The highest BCUT2D eigenvalue weighted by molar-refractivity contribution is 5.94.